The first-order valence-electron chi connectivity index (χ1n) is 10.3. The van der Waals surface area contributed by atoms with Gasteiger partial charge in [-0.3, -0.25) is 9.59 Å². The molecule has 1 atom stereocenters. The minimum Gasteiger partial charge on any atom is -0.467 e. The van der Waals surface area contributed by atoms with Crippen molar-refractivity contribution in [3.05, 3.63) is 70.8 Å². The van der Waals surface area contributed by atoms with Crippen LogP contribution in [0.5, 0.6) is 0 Å². The number of amides is 2. The highest BCUT2D eigenvalue weighted by atomic mass is 19.4. The molecule has 1 aliphatic heterocycles. The van der Waals surface area contributed by atoms with Crippen molar-refractivity contribution in [1.82, 2.24) is 10.2 Å². The lowest BCUT2D eigenvalue weighted by Crippen LogP contribution is -2.44. The number of carbonyl (C=O) groups excluding carboxylic acids is 3. The van der Waals surface area contributed by atoms with Gasteiger partial charge in [0.1, 0.15) is 12.3 Å². The van der Waals surface area contributed by atoms with Crippen molar-refractivity contribution in [3.63, 3.8) is 0 Å². The van der Waals surface area contributed by atoms with E-state index in [0.717, 1.165) is 12.1 Å². The van der Waals surface area contributed by atoms with Gasteiger partial charge in [0.05, 0.1) is 30.6 Å². The molecule has 0 radical (unpaired) electrons. The summed E-state index contributed by atoms with van der Waals surface area (Å²) in [5.41, 5.74) is -0.0971. The molecule has 0 aliphatic carbocycles. The fourth-order valence-electron chi connectivity index (χ4n) is 3.66. The van der Waals surface area contributed by atoms with E-state index in [4.69, 9.17) is 9.15 Å². The molecular weight excluding hydrogens is 441 g/mol. The maximum absolute atomic E-state index is 12.9. The van der Waals surface area contributed by atoms with Crippen LogP contribution in [-0.4, -0.2) is 35.8 Å². The Balaban J connectivity index is 1.86. The number of halogens is 3. The zero-order chi connectivity index (χ0) is 24.2. The highest BCUT2D eigenvalue weighted by Crippen LogP contribution is 2.38. The Bertz CT molecular complexity index is 1040. The van der Waals surface area contributed by atoms with Crippen LogP contribution >= 0.6 is 0 Å². The Morgan fingerprint density at radius 1 is 1.21 bits per heavy atom. The van der Waals surface area contributed by atoms with E-state index < -0.39 is 35.4 Å². The Morgan fingerprint density at radius 3 is 2.48 bits per heavy atom. The summed E-state index contributed by atoms with van der Waals surface area (Å²) in [6.07, 6.45) is -3.23. The molecule has 0 spiro atoms. The monoisotopic (exact) mass is 464 g/mol. The van der Waals surface area contributed by atoms with Crippen LogP contribution in [0.15, 0.2) is 58.3 Å². The number of furan rings is 1. The first kappa shape index (κ1) is 24.1. The molecule has 0 fully saturated rings. The molecular formula is C23H23F3N2O5. The van der Waals surface area contributed by atoms with E-state index in [1.807, 2.05) is 0 Å². The maximum atomic E-state index is 12.9. The van der Waals surface area contributed by atoms with Crippen LogP contribution in [-0.2, 0) is 31.8 Å². The van der Waals surface area contributed by atoms with Crippen molar-refractivity contribution in [2.45, 2.75) is 38.9 Å². The van der Waals surface area contributed by atoms with Crippen LogP contribution < -0.4 is 5.32 Å². The summed E-state index contributed by atoms with van der Waals surface area (Å²) < 4.78 is 49.1. The van der Waals surface area contributed by atoms with Crippen LogP contribution in [0.4, 0.5) is 13.2 Å². The van der Waals surface area contributed by atoms with Crippen LogP contribution in [0, 0.1) is 0 Å². The average molecular weight is 464 g/mol. The molecule has 7 nitrogen and oxygen atoms in total. The predicted octanol–water partition coefficient (Wildman–Crippen LogP) is 3.77. The molecule has 0 saturated carbocycles. The van der Waals surface area contributed by atoms with Gasteiger partial charge in [0, 0.05) is 18.0 Å². The number of benzene rings is 1. The zero-order valence-electron chi connectivity index (χ0n) is 18.1. The second-order valence-electron chi connectivity index (χ2n) is 7.43. The van der Waals surface area contributed by atoms with E-state index >= 15 is 0 Å². The number of nitrogens with one attached hydrogen (secondary N) is 1. The van der Waals surface area contributed by atoms with E-state index in [-0.39, 0.29) is 37.4 Å². The van der Waals surface area contributed by atoms with Gasteiger partial charge in [0.15, 0.2) is 0 Å². The molecule has 2 heterocycles. The third kappa shape index (κ3) is 5.63. The summed E-state index contributed by atoms with van der Waals surface area (Å²) in [5, 5.41) is 2.63. The minimum absolute atomic E-state index is 0.0763. The highest BCUT2D eigenvalue weighted by molar-refractivity contribution is 5.97. The van der Waals surface area contributed by atoms with Crippen molar-refractivity contribution in [2.75, 3.05) is 13.2 Å². The standard InChI is InChI=1S/C23H23F3N2O5/c1-3-32-22(31)21-14(2)28(13-19(29)27-12-17-5-4-10-33-17)20(30)11-18(21)15-6-8-16(9-7-15)23(24,25)26/h4-10,18H,3,11-13H2,1-2H3,(H,27,29). The van der Waals surface area contributed by atoms with Crippen molar-refractivity contribution in [2.24, 2.45) is 0 Å². The summed E-state index contributed by atoms with van der Waals surface area (Å²) in [6.45, 7) is 3.02. The SMILES string of the molecule is CCOC(=O)C1=C(C)N(CC(=O)NCc2ccco2)C(=O)CC1c1ccc(C(F)(F)F)cc1. The van der Waals surface area contributed by atoms with Gasteiger partial charge >= 0.3 is 12.1 Å². The van der Waals surface area contributed by atoms with Gasteiger partial charge in [-0.15, -0.1) is 0 Å². The number of esters is 1. The molecule has 2 aromatic rings. The van der Waals surface area contributed by atoms with E-state index in [9.17, 15) is 27.6 Å². The molecule has 0 bridgehead atoms. The van der Waals surface area contributed by atoms with Crippen LogP contribution in [0.1, 0.15) is 43.1 Å². The van der Waals surface area contributed by atoms with E-state index in [1.165, 1.54) is 30.2 Å². The molecule has 1 unspecified atom stereocenters. The Kier molecular flexibility index (Phi) is 7.25. The second-order valence-corrected chi connectivity index (χ2v) is 7.43. The number of ether oxygens (including phenoxy) is 1. The molecule has 1 aliphatic rings. The lowest BCUT2D eigenvalue weighted by Gasteiger charge is -2.34. The smallest absolute Gasteiger partial charge is 0.416 e. The fourth-order valence-corrected chi connectivity index (χ4v) is 3.66. The van der Waals surface area contributed by atoms with E-state index in [1.54, 1.807) is 19.1 Å². The van der Waals surface area contributed by atoms with Crippen LogP contribution in [0.2, 0.25) is 0 Å². The van der Waals surface area contributed by atoms with Crippen molar-refractivity contribution >= 4 is 17.8 Å². The molecule has 176 valence electrons. The fraction of sp³-hybridized carbons (Fsp3) is 0.348. The molecule has 33 heavy (non-hydrogen) atoms. The lowest BCUT2D eigenvalue weighted by atomic mass is 9.83. The van der Waals surface area contributed by atoms with Gasteiger partial charge < -0.3 is 19.4 Å². The third-order valence-corrected chi connectivity index (χ3v) is 5.30. The molecule has 1 N–H and O–H groups in total. The Hall–Kier alpha value is -3.56. The molecule has 1 aromatic carbocycles. The minimum atomic E-state index is -4.50. The van der Waals surface area contributed by atoms with Crippen LogP contribution in [0.3, 0.4) is 0 Å². The Labute approximate surface area is 188 Å². The van der Waals surface area contributed by atoms with Gasteiger partial charge in [-0.25, -0.2) is 4.79 Å². The second kappa shape index (κ2) is 9.93. The van der Waals surface area contributed by atoms with E-state index in [0.29, 0.717) is 11.3 Å². The van der Waals surface area contributed by atoms with Crippen molar-refractivity contribution in [3.8, 4) is 0 Å². The van der Waals surface area contributed by atoms with Crippen molar-refractivity contribution in [1.29, 1.82) is 0 Å². The number of alkyl halides is 3. The van der Waals surface area contributed by atoms with Gasteiger partial charge in [0.25, 0.3) is 0 Å². The van der Waals surface area contributed by atoms with Gasteiger partial charge in [-0.2, -0.15) is 13.2 Å². The van der Waals surface area contributed by atoms with Gasteiger partial charge in [-0.1, -0.05) is 12.1 Å². The quantitative estimate of drug-likeness (QED) is 0.631. The maximum Gasteiger partial charge on any atom is 0.416 e. The molecule has 2 amide bonds. The Morgan fingerprint density at radius 2 is 1.91 bits per heavy atom. The summed E-state index contributed by atoms with van der Waals surface area (Å²) in [7, 11) is 0. The van der Waals surface area contributed by atoms with Gasteiger partial charge in [0.2, 0.25) is 11.8 Å². The number of hydrogen-bond acceptors (Lipinski definition) is 5. The number of rotatable bonds is 7. The summed E-state index contributed by atoms with van der Waals surface area (Å²) in [5.74, 6) is -1.83. The summed E-state index contributed by atoms with van der Waals surface area (Å²) in [6, 6.07) is 7.68. The molecule has 3 rings (SSSR count). The van der Waals surface area contributed by atoms with Gasteiger partial charge in [-0.05, 0) is 43.7 Å². The number of allylic oxidation sites excluding steroid dienone is 1. The summed E-state index contributed by atoms with van der Waals surface area (Å²) >= 11 is 0. The largest absolute Gasteiger partial charge is 0.467 e. The topological polar surface area (TPSA) is 88.8 Å². The normalized spacial score (nSPS) is 16.7. The number of hydrogen-bond donors (Lipinski definition) is 1. The molecule has 10 heteroatoms. The first-order valence-corrected chi connectivity index (χ1v) is 10.3. The summed E-state index contributed by atoms with van der Waals surface area (Å²) in [4.78, 5) is 39.2. The molecule has 0 saturated heterocycles. The number of nitrogens with zero attached hydrogens (tertiary/aromatic N) is 1. The van der Waals surface area contributed by atoms with Crippen LogP contribution in [0.25, 0.3) is 0 Å². The van der Waals surface area contributed by atoms with E-state index in [2.05, 4.69) is 5.32 Å². The first-order chi connectivity index (χ1) is 15.6. The van der Waals surface area contributed by atoms with Crippen molar-refractivity contribution < 1.29 is 36.7 Å². The highest BCUT2D eigenvalue weighted by Gasteiger charge is 2.38. The average Bonchev–Trinajstić information content (AvgIpc) is 3.28. The zero-order valence-corrected chi connectivity index (χ0v) is 18.1. The lowest BCUT2D eigenvalue weighted by molar-refractivity contribution is -0.141. The predicted molar refractivity (Wildman–Crippen MR) is 110 cm³/mol. The third-order valence-electron chi connectivity index (χ3n) is 5.30. The number of carbonyl (C=O) groups is 3. The molecule has 1 aromatic heterocycles.